The fraction of sp³-hybridized carbons (Fsp3) is 0. The molecule has 0 aliphatic carbocycles. The van der Waals surface area contributed by atoms with Crippen LogP contribution in [0.15, 0.2) is 46.0 Å². The van der Waals surface area contributed by atoms with Gasteiger partial charge >= 0.3 is 0 Å². The zero-order chi connectivity index (χ0) is 16.1. The van der Waals surface area contributed by atoms with Gasteiger partial charge in [-0.1, -0.05) is 18.2 Å². The van der Waals surface area contributed by atoms with Crippen molar-refractivity contribution in [3.8, 4) is 17.1 Å². The number of nitrogens with zero attached hydrogens (tertiary/aromatic N) is 1. The first-order valence-corrected chi connectivity index (χ1v) is 7.63. The van der Waals surface area contributed by atoms with Gasteiger partial charge in [0, 0.05) is 26.4 Å². The molecule has 0 spiro atoms. The second-order valence-corrected chi connectivity index (χ2v) is 6.11. The van der Waals surface area contributed by atoms with Crippen molar-refractivity contribution >= 4 is 49.1 Å². The molecular weight excluding hydrogens is 360 g/mol. The number of H-pyrrole nitrogens is 2. The number of aromatic hydroxyl groups is 1. The highest BCUT2D eigenvalue weighted by molar-refractivity contribution is 9.10. The van der Waals surface area contributed by atoms with E-state index in [-0.39, 0.29) is 11.6 Å². The predicted molar refractivity (Wildman–Crippen MR) is 94.8 cm³/mol. The maximum atomic E-state index is 11.4. The number of aromatic amines is 2. The van der Waals surface area contributed by atoms with Crippen molar-refractivity contribution in [1.82, 2.24) is 9.97 Å². The van der Waals surface area contributed by atoms with Gasteiger partial charge in [-0.05, 0) is 39.3 Å². The Morgan fingerprint density at radius 3 is 2.65 bits per heavy atom. The topological polar surface area (TPSA) is 107 Å². The molecule has 23 heavy (non-hydrogen) atoms. The molecule has 0 saturated heterocycles. The van der Waals surface area contributed by atoms with Crippen molar-refractivity contribution in [3.63, 3.8) is 0 Å². The summed E-state index contributed by atoms with van der Waals surface area (Å²) in [6, 6.07) is 10.9. The van der Waals surface area contributed by atoms with Crippen LogP contribution in [-0.4, -0.2) is 15.1 Å². The van der Waals surface area contributed by atoms with E-state index in [1.54, 1.807) is 12.1 Å². The molecule has 0 atom stereocenters. The van der Waals surface area contributed by atoms with Gasteiger partial charge in [0.15, 0.2) is 5.88 Å². The summed E-state index contributed by atoms with van der Waals surface area (Å²) < 4.78 is 0.725. The maximum Gasteiger partial charge on any atom is 0.199 e. The van der Waals surface area contributed by atoms with Crippen molar-refractivity contribution in [2.45, 2.75) is 0 Å². The van der Waals surface area contributed by atoms with Crippen LogP contribution in [0.2, 0.25) is 0 Å². The molecule has 4 rings (SSSR count). The smallest absolute Gasteiger partial charge is 0.199 e. The third kappa shape index (κ3) is 1.93. The first-order chi connectivity index (χ1) is 11.1. The number of para-hydroxylation sites is 1. The molecule has 114 valence electrons. The third-order valence-corrected chi connectivity index (χ3v) is 4.60. The molecule has 2 aromatic carbocycles. The van der Waals surface area contributed by atoms with E-state index >= 15 is 0 Å². The lowest BCUT2D eigenvalue weighted by atomic mass is 10.1. The minimum Gasteiger partial charge on any atom is -0.494 e. The van der Waals surface area contributed by atoms with Crippen LogP contribution < -0.4 is 5.73 Å². The molecule has 0 fully saturated rings. The Kier molecular flexibility index (Phi) is 2.92. The van der Waals surface area contributed by atoms with Gasteiger partial charge < -0.3 is 20.8 Å². The molecule has 2 heterocycles. The summed E-state index contributed by atoms with van der Waals surface area (Å²) in [6.45, 7) is 0. The van der Waals surface area contributed by atoms with Crippen molar-refractivity contribution in [2.24, 2.45) is 5.18 Å². The lowest BCUT2D eigenvalue weighted by Gasteiger charge is -2.01. The molecule has 0 aliphatic heterocycles. The monoisotopic (exact) mass is 370 g/mol. The summed E-state index contributed by atoms with van der Waals surface area (Å²) >= 11 is 3.36. The number of nitroso groups, excluding NO2 is 1. The Morgan fingerprint density at radius 1 is 1.09 bits per heavy atom. The van der Waals surface area contributed by atoms with Crippen LogP contribution in [0.25, 0.3) is 33.1 Å². The Bertz CT molecular complexity index is 1080. The number of nitrogens with one attached hydrogen (secondary N) is 2. The number of benzene rings is 2. The maximum absolute atomic E-state index is 11.4. The predicted octanol–water partition coefficient (Wildman–Crippen LogP) is 4.76. The second kappa shape index (κ2) is 4.85. The van der Waals surface area contributed by atoms with Crippen molar-refractivity contribution in [2.75, 3.05) is 5.73 Å². The molecule has 0 saturated carbocycles. The minimum atomic E-state index is -0.0473. The number of nitrogen functional groups attached to an aromatic ring is 1. The number of hydrogen-bond donors (Lipinski definition) is 4. The van der Waals surface area contributed by atoms with Crippen molar-refractivity contribution < 1.29 is 5.11 Å². The average Bonchev–Trinajstić information content (AvgIpc) is 3.04. The molecule has 0 radical (unpaired) electrons. The van der Waals surface area contributed by atoms with Crippen LogP contribution in [0.1, 0.15) is 0 Å². The molecular formula is C16H11BrN4O2. The largest absolute Gasteiger partial charge is 0.494 e. The van der Waals surface area contributed by atoms with Gasteiger partial charge in [-0.15, -0.1) is 4.91 Å². The molecule has 5 N–H and O–H groups in total. The van der Waals surface area contributed by atoms with Crippen LogP contribution in [0.4, 0.5) is 11.4 Å². The van der Waals surface area contributed by atoms with Crippen molar-refractivity contribution in [3.05, 3.63) is 45.8 Å². The lowest BCUT2D eigenvalue weighted by molar-refractivity contribution is 0.460. The molecule has 0 aliphatic rings. The molecule has 0 bridgehead atoms. The van der Waals surface area contributed by atoms with Gasteiger partial charge in [0.05, 0.1) is 16.8 Å². The van der Waals surface area contributed by atoms with Gasteiger partial charge in [-0.25, -0.2) is 0 Å². The van der Waals surface area contributed by atoms with E-state index in [0.717, 1.165) is 9.99 Å². The number of anilines is 1. The summed E-state index contributed by atoms with van der Waals surface area (Å²) in [5.41, 5.74) is 9.17. The molecule has 6 nitrogen and oxygen atoms in total. The van der Waals surface area contributed by atoms with Gasteiger partial charge in [0.2, 0.25) is 0 Å². The van der Waals surface area contributed by atoms with Gasteiger partial charge in [0.25, 0.3) is 0 Å². The van der Waals surface area contributed by atoms with E-state index in [1.165, 1.54) is 0 Å². The first-order valence-electron chi connectivity index (χ1n) is 6.84. The quantitative estimate of drug-likeness (QED) is 0.301. The standard InChI is InChI=1S/C16H11BrN4O2/c17-9-6-12-8(5-10(9)18)13(16(22)20-12)15-14(21-23)7-3-1-2-4-11(7)19-15/h1-6,19-20,22H,18H2. The Hall–Kier alpha value is -2.80. The molecule has 2 aromatic heterocycles. The zero-order valence-electron chi connectivity index (χ0n) is 11.7. The van der Waals surface area contributed by atoms with E-state index in [2.05, 4.69) is 31.1 Å². The molecule has 0 amide bonds. The summed E-state index contributed by atoms with van der Waals surface area (Å²) in [7, 11) is 0. The number of rotatable bonds is 2. The average molecular weight is 371 g/mol. The highest BCUT2D eigenvalue weighted by Gasteiger charge is 2.21. The molecule has 4 aromatic rings. The molecule has 0 unspecified atom stereocenters. The number of nitrogens with two attached hydrogens (primary N) is 1. The normalized spacial score (nSPS) is 11.3. The van der Waals surface area contributed by atoms with E-state index in [4.69, 9.17) is 5.73 Å². The van der Waals surface area contributed by atoms with Crippen molar-refractivity contribution in [1.29, 1.82) is 0 Å². The van der Waals surface area contributed by atoms with Crippen LogP contribution >= 0.6 is 15.9 Å². The van der Waals surface area contributed by atoms with E-state index < -0.39 is 0 Å². The van der Waals surface area contributed by atoms with Crippen LogP contribution in [0.5, 0.6) is 5.88 Å². The van der Waals surface area contributed by atoms with Gasteiger partial charge in [0.1, 0.15) is 5.69 Å². The molecule has 7 heteroatoms. The SMILES string of the molecule is Nc1cc2c(-c3[nH]c4ccccc4c3N=O)c(O)[nH]c2cc1Br. The number of hydrogen-bond acceptors (Lipinski definition) is 4. The number of fused-ring (bicyclic) bond motifs is 2. The van der Waals surface area contributed by atoms with Gasteiger partial charge in [-0.2, -0.15) is 0 Å². The third-order valence-electron chi connectivity index (χ3n) is 3.92. The highest BCUT2D eigenvalue weighted by atomic mass is 79.9. The highest BCUT2D eigenvalue weighted by Crippen LogP contribution is 2.45. The minimum absolute atomic E-state index is 0.0473. The van der Waals surface area contributed by atoms with Gasteiger partial charge in [-0.3, -0.25) is 0 Å². The number of halogens is 1. The second-order valence-electron chi connectivity index (χ2n) is 5.25. The summed E-state index contributed by atoms with van der Waals surface area (Å²) in [5, 5.41) is 14.9. The summed E-state index contributed by atoms with van der Waals surface area (Å²) in [6.07, 6.45) is 0. The Balaban J connectivity index is 2.12. The van der Waals surface area contributed by atoms with Crippen LogP contribution in [0, 0.1) is 4.91 Å². The van der Waals surface area contributed by atoms with Crippen LogP contribution in [0.3, 0.4) is 0 Å². The van der Waals surface area contributed by atoms with E-state index in [1.807, 2.05) is 24.3 Å². The fourth-order valence-corrected chi connectivity index (χ4v) is 3.22. The Morgan fingerprint density at radius 2 is 1.87 bits per heavy atom. The number of aromatic nitrogens is 2. The van der Waals surface area contributed by atoms with Crippen LogP contribution in [-0.2, 0) is 0 Å². The summed E-state index contributed by atoms with van der Waals surface area (Å²) in [4.78, 5) is 17.4. The lowest BCUT2D eigenvalue weighted by Crippen LogP contribution is -1.86. The fourth-order valence-electron chi connectivity index (χ4n) is 2.87. The summed E-state index contributed by atoms with van der Waals surface area (Å²) in [5.74, 6) is -0.0473. The first kappa shape index (κ1) is 13.8. The zero-order valence-corrected chi connectivity index (χ0v) is 13.3. The van der Waals surface area contributed by atoms with E-state index in [0.29, 0.717) is 33.2 Å². The van der Waals surface area contributed by atoms with E-state index in [9.17, 15) is 10.0 Å². The Labute approximate surface area is 138 Å².